The quantitative estimate of drug-likeness (QED) is 0.505. The summed E-state index contributed by atoms with van der Waals surface area (Å²) in [5, 5.41) is 7.57. The zero-order chi connectivity index (χ0) is 22.5. The number of rotatable bonds is 9. The fraction of sp³-hybridized carbons (Fsp3) is 0.278. The van der Waals surface area contributed by atoms with E-state index in [0.717, 1.165) is 0 Å². The van der Waals surface area contributed by atoms with Crippen molar-refractivity contribution in [1.29, 1.82) is 0 Å². The van der Waals surface area contributed by atoms with Crippen LogP contribution in [0.25, 0.3) is 0 Å². The molecule has 164 valence electrons. The van der Waals surface area contributed by atoms with Crippen LogP contribution in [0, 0.1) is 5.92 Å². The average Bonchev–Trinajstić information content (AvgIpc) is 2.65. The lowest BCUT2D eigenvalue weighted by molar-refractivity contribution is -0.118. The van der Waals surface area contributed by atoms with Crippen molar-refractivity contribution in [3.63, 3.8) is 0 Å². The van der Waals surface area contributed by atoms with Crippen molar-refractivity contribution in [2.45, 2.75) is 23.6 Å². The van der Waals surface area contributed by atoms with Crippen LogP contribution in [-0.2, 0) is 24.8 Å². The van der Waals surface area contributed by atoms with Gasteiger partial charge >= 0.3 is 0 Å². The topological polar surface area (TPSA) is 145 Å². The van der Waals surface area contributed by atoms with Crippen molar-refractivity contribution in [3.8, 4) is 5.75 Å². The normalized spacial score (nSPS) is 12.0. The maximum atomic E-state index is 12.2. The molecule has 0 aliphatic heterocycles. The molecule has 2 rings (SSSR count). The van der Waals surface area contributed by atoms with Crippen LogP contribution in [0.4, 0.5) is 5.69 Å². The molecule has 12 heteroatoms. The SMILES string of the molecule is CC(C)CNS(=O)(=O)c1ccc(OCC(=O)Nc2ccc(S(N)(=O)=O)cc2)c(Cl)c1. The standard InChI is InChI=1S/C18H22ClN3O6S2/c1-12(2)10-21-30(26,27)15-7-8-17(16(19)9-15)28-11-18(23)22-13-3-5-14(6-4-13)29(20,24)25/h3-9,12,21H,10-11H2,1-2H3,(H,22,23)(H2,20,24,25). The zero-order valence-electron chi connectivity index (χ0n) is 16.3. The lowest BCUT2D eigenvalue weighted by Gasteiger charge is -2.12. The number of carbonyl (C=O) groups excluding carboxylic acids is 1. The summed E-state index contributed by atoms with van der Waals surface area (Å²) in [5.74, 6) is -0.240. The van der Waals surface area contributed by atoms with Gasteiger partial charge in [-0.05, 0) is 48.4 Å². The van der Waals surface area contributed by atoms with Crippen LogP contribution in [0.3, 0.4) is 0 Å². The maximum absolute atomic E-state index is 12.2. The van der Waals surface area contributed by atoms with Gasteiger partial charge in [-0.1, -0.05) is 25.4 Å². The summed E-state index contributed by atoms with van der Waals surface area (Å²) >= 11 is 6.08. The summed E-state index contributed by atoms with van der Waals surface area (Å²) in [7, 11) is -7.52. The number of sulfonamides is 2. The van der Waals surface area contributed by atoms with E-state index in [1.54, 1.807) is 0 Å². The third-order valence-corrected chi connectivity index (χ3v) is 6.37. The van der Waals surface area contributed by atoms with Gasteiger partial charge in [-0.2, -0.15) is 0 Å². The smallest absolute Gasteiger partial charge is 0.262 e. The average molecular weight is 476 g/mol. The Bertz CT molecular complexity index is 1120. The van der Waals surface area contributed by atoms with Crippen molar-refractivity contribution in [2.24, 2.45) is 11.1 Å². The van der Waals surface area contributed by atoms with E-state index in [2.05, 4.69) is 10.0 Å². The number of nitrogens with one attached hydrogen (secondary N) is 2. The molecular weight excluding hydrogens is 454 g/mol. The molecule has 0 atom stereocenters. The Morgan fingerprint density at radius 1 is 1.07 bits per heavy atom. The first-order chi connectivity index (χ1) is 13.9. The minimum Gasteiger partial charge on any atom is -0.482 e. The summed E-state index contributed by atoms with van der Waals surface area (Å²) < 4.78 is 54.7. The predicted octanol–water partition coefficient (Wildman–Crippen LogP) is 1.94. The summed E-state index contributed by atoms with van der Waals surface area (Å²) in [6, 6.07) is 9.21. The Morgan fingerprint density at radius 3 is 2.20 bits per heavy atom. The van der Waals surface area contributed by atoms with Crippen LogP contribution in [0.15, 0.2) is 52.3 Å². The highest BCUT2D eigenvalue weighted by atomic mass is 35.5. The molecule has 2 aromatic carbocycles. The highest BCUT2D eigenvalue weighted by molar-refractivity contribution is 7.89. The molecule has 0 aromatic heterocycles. The molecule has 0 unspecified atom stereocenters. The summed E-state index contributed by atoms with van der Waals surface area (Å²) in [4.78, 5) is 11.9. The first-order valence-corrected chi connectivity index (χ1v) is 12.1. The summed E-state index contributed by atoms with van der Waals surface area (Å²) in [6.07, 6.45) is 0. The van der Waals surface area contributed by atoms with Crippen LogP contribution in [0.1, 0.15) is 13.8 Å². The number of benzene rings is 2. The molecule has 0 bridgehead atoms. The first-order valence-electron chi connectivity index (χ1n) is 8.73. The monoisotopic (exact) mass is 475 g/mol. The third kappa shape index (κ3) is 6.96. The Labute approximate surface area is 180 Å². The number of nitrogens with two attached hydrogens (primary N) is 1. The number of anilines is 1. The second kappa shape index (κ2) is 9.75. The molecule has 0 saturated carbocycles. The Morgan fingerprint density at radius 2 is 1.67 bits per heavy atom. The largest absolute Gasteiger partial charge is 0.482 e. The van der Waals surface area contributed by atoms with Gasteiger partial charge in [0.05, 0.1) is 14.8 Å². The summed E-state index contributed by atoms with van der Waals surface area (Å²) in [5.41, 5.74) is 0.347. The summed E-state index contributed by atoms with van der Waals surface area (Å²) in [6.45, 7) is 3.66. The van der Waals surface area contributed by atoms with Gasteiger partial charge in [-0.3, -0.25) is 4.79 Å². The van der Waals surface area contributed by atoms with Gasteiger partial charge in [-0.15, -0.1) is 0 Å². The molecular formula is C18H22ClN3O6S2. The lowest BCUT2D eigenvalue weighted by Crippen LogP contribution is -2.27. The van der Waals surface area contributed by atoms with Gasteiger partial charge in [0, 0.05) is 12.2 Å². The van der Waals surface area contributed by atoms with Crippen LogP contribution in [0.5, 0.6) is 5.75 Å². The molecule has 0 spiro atoms. The number of carbonyl (C=O) groups is 1. The fourth-order valence-electron chi connectivity index (χ4n) is 2.19. The van der Waals surface area contributed by atoms with Crippen molar-refractivity contribution < 1.29 is 26.4 Å². The number of amides is 1. The number of ether oxygens (including phenoxy) is 1. The molecule has 0 saturated heterocycles. The van der Waals surface area contributed by atoms with Crippen LogP contribution in [0.2, 0.25) is 5.02 Å². The van der Waals surface area contributed by atoms with Crippen LogP contribution < -0.4 is 19.9 Å². The van der Waals surface area contributed by atoms with E-state index in [1.807, 2.05) is 13.8 Å². The number of hydrogen-bond acceptors (Lipinski definition) is 6. The van der Waals surface area contributed by atoms with Crippen LogP contribution in [-0.4, -0.2) is 35.9 Å². The molecule has 0 radical (unpaired) electrons. The molecule has 2 aromatic rings. The molecule has 1 amide bonds. The molecule has 0 aliphatic carbocycles. The maximum Gasteiger partial charge on any atom is 0.262 e. The molecule has 0 fully saturated rings. The molecule has 30 heavy (non-hydrogen) atoms. The second-order valence-corrected chi connectivity index (χ2v) is 10.5. The number of primary sulfonamides is 1. The molecule has 0 heterocycles. The van der Waals surface area contributed by atoms with Gasteiger partial charge in [-0.25, -0.2) is 26.7 Å². The van der Waals surface area contributed by atoms with Crippen molar-refractivity contribution >= 4 is 43.2 Å². The van der Waals surface area contributed by atoms with Gasteiger partial charge in [0.25, 0.3) is 5.91 Å². The first kappa shape index (κ1) is 24.1. The number of halogens is 1. The number of hydrogen-bond donors (Lipinski definition) is 3. The van der Waals surface area contributed by atoms with E-state index in [1.165, 1.54) is 42.5 Å². The predicted molar refractivity (Wildman–Crippen MR) is 113 cm³/mol. The van der Waals surface area contributed by atoms with Crippen molar-refractivity contribution in [3.05, 3.63) is 47.5 Å². The van der Waals surface area contributed by atoms with Gasteiger partial charge in [0.15, 0.2) is 6.61 Å². The van der Waals surface area contributed by atoms with Crippen molar-refractivity contribution in [1.82, 2.24) is 4.72 Å². The minimum atomic E-state index is -3.82. The van der Waals surface area contributed by atoms with E-state index < -0.39 is 32.6 Å². The third-order valence-electron chi connectivity index (χ3n) is 3.72. The highest BCUT2D eigenvalue weighted by Gasteiger charge is 2.17. The zero-order valence-corrected chi connectivity index (χ0v) is 18.6. The van der Waals surface area contributed by atoms with Gasteiger partial charge in [0.1, 0.15) is 5.75 Å². The van der Waals surface area contributed by atoms with Crippen molar-refractivity contribution in [2.75, 3.05) is 18.5 Å². The Hall–Kier alpha value is -2.18. The van der Waals surface area contributed by atoms with E-state index in [-0.39, 0.29) is 33.0 Å². The van der Waals surface area contributed by atoms with Gasteiger partial charge < -0.3 is 10.1 Å². The van der Waals surface area contributed by atoms with Crippen LogP contribution >= 0.6 is 11.6 Å². The van der Waals surface area contributed by atoms with E-state index >= 15 is 0 Å². The molecule has 0 aliphatic rings. The highest BCUT2D eigenvalue weighted by Crippen LogP contribution is 2.27. The minimum absolute atomic E-state index is 0.0140. The molecule has 4 N–H and O–H groups in total. The lowest BCUT2D eigenvalue weighted by atomic mass is 10.2. The van der Waals surface area contributed by atoms with E-state index in [9.17, 15) is 21.6 Å². The molecule has 9 nitrogen and oxygen atoms in total. The fourth-order valence-corrected chi connectivity index (χ4v) is 4.25. The van der Waals surface area contributed by atoms with E-state index in [4.69, 9.17) is 21.5 Å². The van der Waals surface area contributed by atoms with E-state index in [0.29, 0.717) is 5.69 Å². The Balaban J connectivity index is 1.98. The second-order valence-electron chi connectivity index (χ2n) is 6.74. The Kier molecular flexibility index (Phi) is 7.83. The van der Waals surface area contributed by atoms with Gasteiger partial charge in [0.2, 0.25) is 20.0 Å².